The van der Waals surface area contributed by atoms with E-state index in [9.17, 15) is 9.18 Å². The van der Waals surface area contributed by atoms with Crippen LogP contribution in [0.5, 0.6) is 0 Å². The summed E-state index contributed by atoms with van der Waals surface area (Å²) in [4.78, 5) is 19.6. The number of ether oxygens (including phenoxy) is 1. The van der Waals surface area contributed by atoms with Crippen molar-refractivity contribution in [1.82, 2.24) is 15.3 Å². The highest BCUT2D eigenvalue weighted by Crippen LogP contribution is 2.25. The summed E-state index contributed by atoms with van der Waals surface area (Å²) in [7, 11) is 0. The van der Waals surface area contributed by atoms with Crippen LogP contribution >= 0.6 is 24.2 Å². The average Bonchev–Trinajstić information content (AvgIpc) is 2.72. The Balaban J connectivity index is 0.00000240. The molecule has 2 aliphatic heterocycles. The summed E-state index contributed by atoms with van der Waals surface area (Å²) >= 11 is 1.76. The number of benzene rings is 1. The number of piperidine rings is 1. The van der Waals surface area contributed by atoms with Crippen LogP contribution in [0.2, 0.25) is 0 Å². The number of H-pyrrole nitrogens is 1. The van der Waals surface area contributed by atoms with Crippen LogP contribution in [-0.2, 0) is 10.5 Å². The van der Waals surface area contributed by atoms with Crippen LogP contribution in [0, 0.1) is 23.6 Å². The summed E-state index contributed by atoms with van der Waals surface area (Å²) in [5.74, 6) is 7.27. The average molecular weight is 438 g/mol. The molecule has 156 valence electrons. The minimum atomic E-state index is -0.565. The molecule has 2 saturated heterocycles. The van der Waals surface area contributed by atoms with Gasteiger partial charge in [-0.05, 0) is 50.9 Å². The molecule has 2 aromatic rings. The molecular formula is C21H25ClFN3O2S. The Morgan fingerprint density at radius 2 is 1.97 bits per heavy atom. The molecule has 0 aliphatic carbocycles. The molecule has 0 saturated carbocycles. The van der Waals surface area contributed by atoms with Crippen LogP contribution in [0.3, 0.4) is 0 Å². The lowest BCUT2D eigenvalue weighted by atomic mass is 9.98. The largest absolute Gasteiger partial charge is 0.381 e. The summed E-state index contributed by atoms with van der Waals surface area (Å²) in [5.41, 5.74) is 0.522. The third kappa shape index (κ3) is 5.73. The molecule has 0 atom stereocenters. The first-order valence-electron chi connectivity index (χ1n) is 9.83. The van der Waals surface area contributed by atoms with Gasteiger partial charge < -0.3 is 15.0 Å². The van der Waals surface area contributed by atoms with Gasteiger partial charge in [-0.2, -0.15) is 11.8 Å². The third-order valence-corrected chi connectivity index (χ3v) is 6.58. The first kappa shape index (κ1) is 22.1. The second-order valence-electron chi connectivity index (χ2n) is 7.28. The smallest absolute Gasteiger partial charge is 0.261 e. The Kier molecular flexibility index (Phi) is 7.96. The van der Waals surface area contributed by atoms with Crippen LogP contribution in [0.15, 0.2) is 16.9 Å². The van der Waals surface area contributed by atoms with E-state index in [0.29, 0.717) is 33.8 Å². The number of thioether (sulfide) groups is 1. The summed E-state index contributed by atoms with van der Waals surface area (Å²) in [5, 5.41) is 3.82. The standard InChI is InChI=1S/C21H24FN3O2S.ClH/c22-17-11-15(2-1-14-3-7-23-8-4-14)12-18-20(17)21(26)25-19(24-18)13-28-16-5-9-27-10-6-16;/h11-12,14,16,23H,3-10,13H2,(H,24,25,26);1H. The number of hydrogen-bond acceptors (Lipinski definition) is 5. The van der Waals surface area contributed by atoms with Gasteiger partial charge >= 0.3 is 0 Å². The fourth-order valence-corrected chi connectivity index (χ4v) is 4.66. The molecule has 2 aliphatic rings. The van der Waals surface area contributed by atoms with Crippen LogP contribution in [0.4, 0.5) is 4.39 Å². The van der Waals surface area contributed by atoms with Gasteiger partial charge in [-0.3, -0.25) is 4.79 Å². The lowest BCUT2D eigenvalue weighted by Gasteiger charge is -2.21. The van der Waals surface area contributed by atoms with Gasteiger partial charge in [0.05, 0.1) is 11.3 Å². The Morgan fingerprint density at radius 1 is 1.21 bits per heavy atom. The number of aromatic nitrogens is 2. The van der Waals surface area contributed by atoms with E-state index in [-0.39, 0.29) is 17.8 Å². The van der Waals surface area contributed by atoms with Gasteiger partial charge in [0.15, 0.2) is 0 Å². The number of halogens is 2. The van der Waals surface area contributed by atoms with Crippen LogP contribution in [0.1, 0.15) is 37.1 Å². The molecule has 5 nitrogen and oxygen atoms in total. The highest BCUT2D eigenvalue weighted by Gasteiger charge is 2.16. The van der Waals surface area contributed by atoms with Crippen molar-refractivity contribution in [3.63, 3.8) is 0 Å². The SMILES string of the molecule is Cl.O=c1[nH]c(CSC2CCOCC2)nc2cc(C#CC3CCNCC3)cc(F)c12. The number of nitrogens with zero attached hydrogens (tertiary/aromatic N) is 1. The molecule has 1 aromatic carbocycles. The van der Waals surface area contributed by atoms with Crippen molar-refractivity contribution in [1.29, 1.82) is 0 Å². The predicted molar refractivity (Wildman–Crippen MR) is 117 cm³/mol. The van der Waals surface area contributed by atoms with Gasteiger partial charge in [0, 0.05) is 29.9 Å². The van der Waals surface area contributed by atoms with E-state index in [0.717, 1.165) is 52.0 Å². The maximum Gasteiger partial charge on any atom is 0.261 e. The van der Waals surface area contributed by atoms with Crippen molar-refractivity contribution in [3.05, 3.63) is 39.7 Å². The Morgan fingerprint density at radius 3 is 2.72 bits per heavy atom. The molecule has 0 bridgehead atoms. The van der Waals surface area contributed by atoms with Crippen molar-refractivity contribution in [2.75, 3.05) is 26.3 Å². The van der Waals surface area contributed by atoms with Gasteiger partial charge in [-0.1, -0.05) is 11.8 Å². The topological polar surface area (TPSA) is 67.0 Å². The van der Waals surface area contributed by atoms with Crippen LogP contribution in [-0.4, -0.2) is 41.5 Å². The van der Waals surface area contributed by atoms with Gasteiger partial charge in [0.1, 0.15) is 17.0 Å². The second kappa shape index (κ2) is 10.4. The lowest BCUT2D eigenvalue weighted by molar-refractivity contribution is 0.1000. The minimum Gasteiger partial charge on any atom is -0.381 e. The lowest BCUT2D eigenvalue weighted by Crippen LogP contribution is -2.26. The van der Waals surface area contributed by atoms with E-state index in [4.69, 9.17) is 4.74 Å². The monoisotopic (exact) mass is 437 g/mol. The normalized spacial score (nSPS) is 18.1. The van der Waals surface area contributed by atoms with E-state index in [1.165, 1.54) is 6.07 Å². The summed E-state index contributed by atoms with van der Waals surface area (Å²) < 4.78 is 19.9. The molecule has 2 fully saturated rings. The number of rotatable bonds is 3. The number of aromatic amines is 1. The first-order chi connectivity index (χ1) is 13.7. The zero-order chi connectivity index (χ0) is 19.3. The molecule has 4 rings (SSSR count). The molecule has 0 radical (unpaired) electrons. The zero-order valence-corrected chi connectivity index (χ0v) is 17.8. The van der Waals surface area contributed by atoms with Crippen molar-refractivity contribution in [2.24, 2.45) is 5.92 Å². The Labute approximate surface area is 180 Å². The summed E-state index contributed by atoms with van der Waals surface area (Å²) in [6.07, 6.45) is 4.03. The number of fused-ring (bicyclic) bond motifs is 1. The molecule has 3 heterocycles. The molecular weight excluding hydrogens is 413 g/mol. The van der Waals surface area contributed by atoms with Crippen molar-refractivity contribution >= 4 is 35.1 Å². The van der Waals surface area contributed by atoms with E-state index < -0.39 is 11.4 Å². The maximum absolute atomic E-state index is 14.5. The first-order valence-corrected chi connectivity index (χ1v) is 10.9. The maximum atomic E-state index is 14.5. The van der Waals surface area contributed by atoms with Crippen molar-refractivity contribution in [2.45, 2.75) is 36.7 Å². The van der Waals surface area contributed by atoms with E-state index >= 15 is 0 Å². The van der Waals surface area contributed by atoms with Crippen LogP contribution < -0.4 is 10.9 Å². The van der Waals surface area contributed by atoms with E-state index in [1.807, 2.05) is 0 Å². The molecule has 0 spiro atoms. The summed E-state index contributed by atoms with van der Waals surface area (Å²) in [6, 6.07) is 3.06. The molecule has 0 unspecified atom stereocenters. The fraction of sp³-hybridized carbons (Fsp3) is 0.524. The second-order valence-corrected chi connectivity index (χ2v) is 8.57. The highest BCUT2D eigenvalue weighted by molar-refractivity contribution is 7.99. The van der Waals surface area contributed by atoms with Crippen molar-refractivity contribution in [3.8, 4) is 11.8 Å². The number of nitrogens with one attached hydrogen (secondary N) is 2. The van der Waals surface area contributed by atoms with Gasteiger partial charge in [-0.25, -0.2) is 9.37 Å². The third-order valence-electron chi connectivity index (χ3n) is 5.19. The van der Waals surface area contributed by atoms with Crippen LogP contribution in [0.25, 0.3) is 10.9 Å². The van der Waals surface area contributed by atoms with Gasteiger partial charge in [0.2, 0.25) is 0 Å². The van der Waals surface area contributed by atoms with Gasteiger partial charge in [-0.15, -0.1) is 12.4 Å². The molecule has 1 aromatic heterocycles. The minimum absolute atomic E-state index is 0. The quantitative estimate of drug-likeness (QED) is 0.721. The van der Waals surface area contributed by atoms with Crippen molar-refractivity contribution < 1.29 is 9.13 Å². The predicted octanol–water partition coefficient (Wildman–Crippen LogP) is 3.25. The molecule has 0 amide bonds. The zero-order valence-electron chi connectivity index (χ0n) is 16.1. The summed E-state index contributed by atoms with van der Waals surface area (Å²) in [6.45, 7) is 3.50. The molecule has 29 heavy (non-hydrogen) atoms. The van der Waals surface area contributed by atoms with E-state index in [1.54, 1.807) is 17.8 Å². The molecule has 8 heteroatoms. The Bertz CT molecular complexity index is 960. The molecule has 2 N–H and O–H groups in total. The number of hydrogen-bond donors (Lipinski definition) is 2. The fourth-order valence-electron chi connectivity index (χ4n) is 3.60. The van der Waals surface area contributed by atoms with Gasteiger partial charge in [0.25, 0.3) is 5.56 Å². The Hall–Kier alpha value is -1.59. The highest BCUT2D eigenvalue weighted by atomic mass is 35.5. The van der Waals surface area contributed by atoms with E-state index in [2.05, 4.69) is 27.1 Å².